The van der Waals surface area contributed by atoms with Crippen LogP contribution in [0, 0.1) is 5.41 Å². The van der Waals surface area contributed by atoms with Crippen molar-refractivity contribution < 1.29 is 23.4 Å². The van der Waals surface area contributed by atoms with Gasteiger partial charge in [-0.2, -0.15) is 4.98 Å². The number of nitrogens with zero attached hydrogens (tertiary/aromatic N) is 3. The summed E-state index contributed by atoms with van der Waals surface area (Å²) >= 11 is 5.36. The Morgan fingerprint density at radius 2 is 2.09 bits per heavy atom. The van der Waals surface area contributed by atoms with Crippen molar-refractivity contribution in [3.05, 3.63) is 16.7 Å². The summed E-state index contributed by atoms with van der Waals surface area (Å²) in [6, 6.07) is 0. The van der Waals surface area contributed by atoms with Crippen molar-refractivity contribution in [2.45, 2.75) is 84.0 Å². The fourth-order valence-corrected chi connectivity index (χ4v) is 6.99. The second kappa shape index (κ2) is 8.08. The van der Waals surface area contributed by atoms with Gasteiger partial charge in [0, 0.05) is 6.42 Å². The zero-order valence-electron chi connectivity index (χ0n) is 19.7. The molecule has 5 atom stereocenters. The standard InChI is InChI=1S/C20H32N5O6PS/c1-18(2,3)9-20-7-8-28-12(13(20)30-32(27,33)31-19(4,5)6)16(29-20)25-10-22-11-14(25)23-17(21)24-15(11)26/h10,12-13,16H,7-9H2,1-6H3,(H,27,33)(H3,21,23,24,26)/t12-,13?,16+,20+,32?/m0/s1. The summed E-state index contributed by atoms with van der Waals surface area (Å²) in [7, 11) is 0. The van der Waals surface area contributed by atoms with Crippen LogP contribution < -0.4 is 11.3 Å². The molecule has 33 heavy (non-hydrogen) atoms. The van der Waals surface area contributed by atoms with Crippen molar-refractivity contribution in [2.24, 2.45) is 5.41 Å². The third kappa shape index (κ3) is 5.02. The molecule has 4 heterocycles. The average molecular weight is 502 g/mol. The lowest BCUT2D eigenvalue weighted by atomic mass is 9.76. The van der Waals surface area contributed by atoms with E-state index in [1.807, 2.05) is 0 Å². The van der Waals surface area contributed by atoms with E-state index in [-0.39, 0.29) is 22.5 Å². The highest BCUT2D eigenvalue weighted by molar-refractivity contribution is 8.07. The number of ether oxygens (including phenoxy) is 2. The summed E-state index contributed by atoms with van der Waals surface area (Å²) in [5.74, 6) is -0.0298. The maximum atomic E-state index is 12.3. The van der Waals surface area contributed by atoms with Crippen LogP contribution in [0.15, 0.2) is 11.1 Å². The van der Waals surface area contributed by atoms with E-state index in [0.29, 0.717) is 19.4 Å². The molecule has 2 aromatic heterocycles. The number of H-pyrrole nitrogens is 1. The van der Waals surface area contributed by atoms with Gasteiger partial charge in [0.2, 0.25) is 5.95 Å². The Hall–Kier alpha value is -1.40. The van der Waals surface area contributed by atoms with Crippen molar-refractivity contribution in [2.75, 3.05) is 12.3 Å². The average Bonchev–Trinajstić information content (AvgIpc) is 3.06. The number of fused-ring (bicyclic) bond motifs is 3. The fraction of sp³-hybridized carbons (Fsp3) is 0.750. The molecule has 0 saturated carbocycles. The Bertz CT molecular complexity index is 1150. The normalized spacial score (nSPS) is 30.0. The van der Waals surface area contributed by atoms with E-state index in [9.17, 15) is 9.69 Å². The molecule has 2 aliphatic rings. The summed E-state index contributed by atoms with van der Waals surface area (Å²) in [5, 5.41) is 0. The maximum absolute atomic E-state index is 12.3. The number of rotatable bonds is 5. The number of aromatic amines is 1. The Kier molecular flexibility index (Phi) is 6.05. The third-order valence-corrected chi connectivity index (χ3v) is 7.23. The van der Waals surface area contributed by atoms with Crippen LogP contribution in [0.2, 0.25) is 0 Å². The van der Waals surface area contributed by atoms with Crippen molar-refractivity contribution in [1.82, 2.24) is 19.5 Å². The van der Waals surface area contributed by atoms with Gasteiger partial charge in [0.25, 0.3) is 5.56 Å². The number of hydrogen-bond acceptors (Lipinski definition) is 9. The number of nitrogen functional groups attached to an aromatic ring is 1. The lowest BCUT2D eigenvalue weighted by molar-refractivity contribution is -0.134. The SMILES string of the molecule is CC(C)(C)C[C@]12CCO[C@@H](C1OP(O)(=S)OC(C)(C)C)[C@H](n1cnc3c(=O)[nH]c(N)nc31)O2. The molecule has 2 aromatic rings. The van der Waals surface area contributed by atoms with Crippen LogP contribution in [0.1, 0.15) is 60.6 Å². The molecule has 2 aliphatic heterocycles. The highest BCUT2D eigenvalue weighted by atomic mass is 32.5. The number of aromatic nitrogens is 4. The lowest BCUT2D eigenvalue weighted by Crippen LogP contribution is -2.51. The van der Waals surface area contributed by atoms with E-state index in [1.54, 1.807) is 25.3 Å². The Morgan fingerprint density at radius 1 is 1.39 bits per heavy atom. The summed E-state index contributed by atoms with van der Waals surface area (Å²) < 4.78 is 26.2. The van der Waals surface area contributed by atoms with Crippen molar-refractivity contribution in [1.29, 1.82) is 0 Å². The van der Waals surface area contributed by atoms with E-state index in [1.165, 1.54) is 6.33 Å². The zero-order chi connectivity index (χ0) is 24.4. The molecular weight excluding hydrogens is 469 g/mol. The largest absolute Gasteiger partial charge is 0.371 e. The molecule has 0 spiro atoms. The van der Waals surface area contributed by atoms with Gasteiger partial charge in [0.15, 0.2) is 17.4 Å². The van der Waals surface area contributed by atoms with Crippen LogP contribution in [0.25, 0.3) is 11.2 Å². The van der Waals surface area contributed by atoms with E-state index < -0.39 is 41.9 Å². The highest BCUT2D eigenvalue weighted by Crippen LogP contribution is 2.58. The Balaban J connectivity index is 1.78. The minimum absolute atomic E-state index is 0.0298. The first kappa shape index (κ1) is 24.7. The Morgan fingerprint density at radius 3 is 2.73 bits per heavy atom. The predicted molar refractivity (Wildman–Crippen MR) is 126 cm³/mol. The topological polar surface area (TPSA) is 147 Å². The smallest absolute Gasteiger partial charge is 0.325 e. The van der Waals surface area contributed by atoms with Gasteiger partial charge in [-0.15, -0.1) is 0 Å². The van der Waals surface area contributed by atoms with Crippen molar-refractivity contribution in [3.63, 3.8) is 0 Å². The molecule has 2 unspecified atom stereocenters. The van der Waals surface area contributed by atoms with Crippen LogP contribution in [0.4, 0.5) is 5.95 Å². The van der Waals surface area contributed by atoms with Gasteiger partial charge in [-0.05, 0) is 44.4 Å². The molecule has 4 N–H and O–H groups in total. The summed E-state index contributed by atoms with van der Waals surface area (Å²) in [6.45, 7) is 8.52. The monoisotopic (exact) mass is 501 g/mol. The first-order valence-corrected chi connectivity index (χ1v) is 13.4. The van der Waals surface area contributed by atoms with Crippen molar-refractivity contribution in [3.8, 4) is 0 Å². The van der Waals surface area contributed by atoms with Gasteiger partial charge in [-0.3, -0.25) is 18.9 Å². The number of imidazole rings is 1. The minimum Gasteiger partial charge on any atom is -0.371 e. The van der Waals surface area contributed by atoms with E-state index in [4.69, 9.17) is 36.1 Å². The molecule has 4 rings (SSSR count). The molecule has 2 fully saturated rings. The summed E-state index contributed by atoms with van der Waals surface area (Å²) in [6.07, 6.45) is 0.570. The molecule has 0 aromatic carbocycles. The van der Waals surface area contributed by atoms with E-state index in [0.717, 1.165) is 0 Å². The second-order valence-corrected chi connectivity index (χ2v) is 13.6. The van der Waals surface area contributed by atoms with Gasteiger partial charge >= 0.3 is 6.72 Å². The van der Waals surface area contributed by atoms with E-state index >= 15 is 0 Å². The molecule has 2 bridgehead atoms. The van der Waals surface area contributed by atoms with Crippen LogP contribution >= 0.6 is 6.72 Å². The molecule has 2 saturated heterocycles. The fourth-order valence-electron chi connectivity index (χ4n) is 4.70. The molecule has 0 amide bonds. The quantitative estimate of drug-likeness (QED) is 0.522. The maximum Gasteiger partial charge on any atom is 0.325 e. The summed E-state index contributed by atoms with van der Waals surface area (Å²) in [5.41, 5.74) is 4.12. The molecular formula is C20H32N5O6PS. The first-order valence-electron chi connectivity index (χ1n) is 10.8. The predicted octanol–water partition coefficient (Wildman–Crippen LogP) is 2.61. The van der Waals surface area contributed by atoms with Crippen molar-refractivity contribution >= 4 is 35.6 Å². The molecule has 0 aliphatic carbocycles. The van der Waals surface area contributed by atoms with Gasteiger partial charge in [0.1, 0.15) is 17.8 Å². The van der Waals surface area contributed by atoms with Gasteiger partial charge in [-0.25, -0.2) is 4.98 Å². The second-order valence-electron chi connectivity index (χ2n) is 10.9. The van der Waals surface area contributed by atoms with Crippen LogP contribution in [-0.2, 0) is 30.3 Å². The molecule has 11 nitrogen and oxygen atoms in total. The number of nitrogens with one attached hydrogen (secondary N) is 1. The van der Waals surface area contributed by atoms with E-state index in [2.05, 4.69) is 35.7 Å². The first-order chi connectivity index (χ1) is 15.1. The highest BCUT2D eigenvalue weighted by Gasteiger charge is 2.62. The number of nitrogens with two attached hydrogens (primary N) is 1. The number of hydrogen-bond donors (Lipinski definition) is 3. The Labute approximate surface area is 197 Å². The minimum atomic E-state index is -3.63. The van der Waals surface area contributed by atoms with Crippen LogP contribution in [0.3, 0.4) is 0 Å². The third-order valence-electron chi connectivity index (χ3n) is 5.48. The van der Waals surface area contributed by atoms with Gasteiger partial charge < -0.3 is 24.6 Å². The molecule has 13 heteroatoms. The van der Waals surface area contributed by atoms with Gasteiger partial charge in [0.05, 0.1) is 18.5 Å². The zero-order valence-corrected chi connectivity index (χ0v) is 21.4. The summed E-state index contributed by atoms with van der Waals surface area (Å²) in [4.78, 5) is 34.1. The lowest BCUT2D eigenvalue weighted by Gasteiger charge is -2.43. The molecule has 0 radical (unpaired) electrons. The number of anilines is 1. The van der Waals surface area contributed by atoms with Crippen LogP contribution in [-0.4, -0.2) is 54.4 Å². The van der Waals surface area contributed by atoms with Crippen LogP contribution in [0.5, 0.6) is 0 Å². The van der Waals surface area contributed by atoms with Gasteiger partial charge in [-0.1, -0.05) is 20.8 Å². The molecule has 184 valence electrons.